The Balaban J connectivity index is 1.66. The predicted octanol–water partition coefficient (Wildman–Crippen LogP) is 3.34. The smallest absolute Gasteiger partial charge is 0.255 e. The van der Waals surface area contributed by atoms with Gasteiger partial charge in [0.2, 0.25) is 0 Å². The molecule has 1 aliphatic rings. The summed E-state index contributed by atoms with van der Waals surface area (Å²) in [4.78, 5) is 19.2. The van der Waals surface area contributed by atoms with Crippen LogP contribution < -0.4 is 9.64 Å². The summed E-state index contributed by atoms with van der Waals surface area (Å²) >= 11 is 1.69. The number of thiophene rings is 1. The molecule has 2 aromatic rings. The van der Waals surface area contributed by atoms with Crippen molar-refractivity contribution < 1.29 is 9.53 Å². The monoisotopic (exact) mass is 330 g/mol. The minimum Gasteiger partial charge on any atom is -0.497 e. The second-order valence-corrected chi connectivity index (χ2v) is 7.27. The Bertz CT molecular complexity index is 703. The summed E-state index contributed by atoms with van der Waals surface area (Å²) < 4.78 is 5.29. The number of amides is 1. The second kappa shape index (κ2) is 6.62. The van der Waals surface area contributed by atoms with E-state index in [-0.39, 0.29) is 5.91 Å². The Morgan fingerprint density at radius 2 is 1.87 bits per heavy atom. The van der Waals surface area contributed by atoms with Crippen molar-refractivity contribution in [3.8, 4) is 5.75 Å². The number of carbonyl (C=O) groups is 1. The van der Waals surface area contributed by atoms with Crippen LogP contribution in [-0.4, -0.2) is 44.1 Å². The van der Waals surface area contributed by atoms with E-state index in [0.717, 1.165) is 48.1 Å². The van der Waals surface area contributed by atoms with Gasteiger partial charge in [0.05, 0.1) is 12.7 Å². The van der Waals surface area contributed by atoms with Gasteiger partial charge < -0.3 is 14.5 Å². The van der Waals surface area contributed by atoms with E-state index in [1.54, 1.807) is 18.4 Å². The average molecular weight is 330 g/mol. The summed E-state index contributed by atoms with van der Waals surface area (Å²) in [6.45, 7) is 7.28. The largest absolute Gasteiger partial charge is 0.497 e. The van der Waals surface area contributed by atoms with Gasteiger partial charge in [-0.3, -0.25) is 4.79 Å². The SMILES string of the molecule is COc1cccc(N2CCN(C(=O)c3cc(C)sc3C)CC2)c1. The van der Waals surface area contributed by atoms with E-state index in [4.69, 9.17) is 4.74 Å². The summed E-state index contributed by atoms with van der Waals surface area (Å²) in [5.41, 5.74) is 2.02. The van der Waals surface area contributed by atoms with Crippen molar-refractivity contribution in [3.63, 3.8) is 0 Å². The average Bonchev–Trinajstić information content (AvgIpc) is 2.93. The van der Waals surface area contributed by atoms with Crippen LogP contribution >= 0.6 is 11.3 Å². The molecule has 2 heterocycles. The maximum atomic E-state index is 12.7. The minimum absolute atomic E-state index is 0.164. The molecule has 0 spiro atoms. The molecule has 0 saturated carbocycles. The van der Waals surface area contributed by atoms with Gasteiger partial charge in [0.15, 0.2) is 0 Å². The lowest BCUT2D eigenvalue weighted by molar-refractivity contribution is 0.0746. The second-order valence-electron chi connectivity index (χ2n) is 5.81. The van der Waals surface area contributed by atoms with Gasteiger partial charge in [0.1, 0.15) is 5.75 Å². The van der Waals surface area contributed by atoms with Gasteiger partial charge in [0.25, 0.3) is 5.91 Å². The fourth-order valence-electron chi connectivity index (χ4n) is 2.99. The molecule has 0 N–H and O–H groups in total. The van der Waals surface area contributed by atoms with Gasteiger partial charge in [-0.15, -0.1) is 11.3 Å². The third-order valence-electron chi connectivity index (χ3n) is 4.26. The topological polar surface area (TPSA) is 32.8 Å². The summed E-state index contributed by atoms with van der Waals surface area (Å²) in [7, 11) is 1.68. The van der Waals surface area contributed by atoms with Crippen LogP contribution in [0.5, 0.6) is 5.75 Å². The van der Waals surface area contributed by atoms with Crippen LogP contribution in [-0.2, 0) is 0 Å². The molecule has 1 aliphatic heterocycles. The lowest BCUT2D eigenvalue weighted by Crippen LogP contribution is -2.48. The first-order chi connectivity index (χ1) is 11.1. The van der Waals surface area contributed by atoms with Crippen molar-refractivity contribution in [2.45, 2.75) is 13.8 Å². The Morgan fingerprint density at radius 3 is 2.48 bits per heavy atom. The van der Waals surface area contributed by atoms with Crippen LogP contribution in [0.4, 0.5) is 5.69 Å². The highest BCUT2D eigenvalue weighted by Gasteiger charge is 2.24. The van der Waals surface area contributed by atoms with Crippen molar-refractivity contribution >= 4 is 22.9 Å². The van der Waals surface area contributed by atoms with Crippen molar-refractivity contribution in [3.05, 3.63) is 45.6 Å². The number of hydrogen-bond donors (Lipinski definition) is 0. The number of anilines is 1. The van der Waals surface area contributed by atoms with E-state index in [1.807, 2.05) is 36.1 Å². The van der Waals surface area contributed by atoms with Crippen molar-refractivity contribution in [1.82, 2.24) is 4.90 Å². The number of ether oxygens (including phenoxy) is 1. The van der Waals surface area contributed by atoms with Gasteiger partial charge >= 0.3 is 0 Å². The lowest BCUT2D eigenvalue weighted by atomic mass is 10.2. The maximum Gasteiger partial charge on any atom is 0.255 e. The van der Waals surface area contributed by atoms with Gasteiger partial charge in [-0.05, 0) is 32.0 Å². The highest BCUT2D eigenvalue weighted by atomic mass is 32.1. The Labute approximate surface area is 141 Å². The number of rotatable bonds is 3. The minimum atomic E-state index is 0.164. The van der Waals surface area contributed by atoms with Gasteiger partial charge in [-0.1, -0.05) is 6.07 Å². The van der Waals surface area contributed by atoms with Crippen LogP contribution in [0, 0.1) is 13.8 Å². The molecule has 1 aromatic heterocycles. The Kier molecular flexibility index (Phi) is 4.57. The zero-order valence-electron chi connectivity index (χ0n) is 13.8. The number of methoxy groups -OCH3 is 1. The standard InChI is InChI=1S/C18H22N2O2S/c1-13-11-17(14(2)23-13)18(21)20-9-7-19(8-10-20)15-5-4-6-16(12-15)22-3/h4-6,11-12H,7-10H2,1-3H3. The molecule has 4 nitrogen and oxygen atoms in total. The molecule has 3 rings (SSSR count). The molecule has 122 valence electrons. The third-order valence-corrected chi connectivity index (χ3v) is 5.22. The molecule has 0 atom stereocenters. The van der Waals surface area contributed by atoms with Crippen LogP contribution in [0.25, 0.3) is 0 Å². The first kappa shape index (κ1) is 15.9. The molecule has 1 fully saturated rings. The number of hydrogen-bond acceptors (Lipinski definition) is 4. The van der Waals surface area contributed by atoms with E-state index in [1.165, 1.54) is 4.88 Å². The van der Waals surface area contributed by atoms with E-state index >= 15 is 0 Å². The molecule has 5 heteroatoms. The van der Waals surface area contributed by atoms with Crippen LogP contribution in [0.3, 0.4) is 0 Å². The van der Waals surface area contributed by atoms with Crippen LogP contribution in [0.2, 0.25) is 0 Å². The molecule has 0 radical (unpaired) electrons. The fourth-order valence-corrected chi connectivity index (χ4v) is 3.90. The molecule has 0 aliphatic carbocycles. The van der Waals surface area contributed by atoms with Crippen molar-refractivity contribution in [1.29, 1.82) is 0 Å². The van der Waals surface area contributed by atoms with Gasteiger partial charge in [0, 0.05) is 47.7 Å². The quantitative estimate of drug-likeness (QED) is 0.865. The summed E-state index contributed by atoms with van der Waals surface area (Å²) in [6.07, 6.45) is 0. The maximum absolute atomic E-state index is 12.7. The van der Waals surface area contributed by atoms with E-state index in [0.29, 0.717) is 0 Å². The highest BCUT2D eigenvalue weighted by molar-refractivity contribution is 7.12. The molecular formula is C18H22N2O2S. The number of aryl methyl sites for hydroxylation is 2. The van der Waals surface area contributed by atoms with E-state index in [9.17, 15) is 4.79 Å². The molecular weight excluding hydrogens is 308 g/mol. The van der Waals surface area contributed by atoms with Crippen molar-refractivity contribution in [2.75, 3.05) is 38.2 Å². The summed E-state index contributed by atoms with van der Waals surface area (Å²) in [5.74, 6) is 1.03. The summed E-state index contributed by atoms with van der Waals surface area (Å²) in [5, 5.41) is 0. The number of benzene rings is 1. The van der Waals surface area contributed by atoms with Gasteiger partial charge in [-0.2, -0.15) is 0 Å². The number of carbonyl (C=O) groups excluding carboxylic acids is 1. The van der Waals surface area contributed by atoms with E-state index < -0.39 is 0 Å². The van der Waals surface area contributed by atoms with E-state index in [2.05, 4.69) is 17.9 Å². The molecule has 1 aromatic carbocycles. The number of piperazine rings is 1. The first-order valence-electron chi connectivity index (χ1n) is 7.84. The normalized spacial score (nSPS) is 14.9. The highest BCUT2D eigenvalue weighted by Crippen LogP contribution is 2.25. The summed E-state index contributed by atoms with van der Waals surface area (Å²) in [6, 6.07) is 10.1. The fraction of sp³-hybridized carbons (Fsp3) is 0.389. The molecule has 0 unspecified atom stereocenters. The molecule has 1 saturated heterocycles. The third kappa shape index (κ3) is 3.34. The predicted molar refractivity (Wildman–Crippen MR) is 94.9 cm³/mol. The van der Waals surface area contributed by atoms with Crippen LogP contribution in [0.15, 0.2) is 30.3 Å². The molecule has 23 heavy (non-hydrogen) atoms. The number of nitrogens with zero attached hydrogens (tertiary/aromatic N) is 2. The molecule has 0 bridgehead atoms. The Morgan fingerprint density at radius 1 is 1.13 bits per heavy atom. The van der Waals surface area contributed by atoms with Crippen molar-refractivity contribution in [2.24, 2.45) is 0 Å². The lowest BCUT2D eigenvalue weighted by Gasteiger charge is -2.36. The van der Waals surface area contributed by atoms with Gasteiger partial charge in [-0.25, -0.2) is 0 Å². The first-order valence-corrected chi connectivity index (χ1v) is 8.65. The Hall–Kier alpha value is -2.01. The molecule has 1 amide bonds. The zero-order chi connectivity index (χ0) is 16.4. The van der Waals surface area contributed by atoms with Crippen LogP contribution in [0.1, 0.15) is 20.1 Å². The zero-order valence-corrected chi connectivity index (χ0v) is 14.7.